The smallest absolute Gasteiger partial charge is 0.207 e. The lowest BCUT2D eigenvalue weighted by Gasteiger charge is -2.07. The zero-order valence-corrected chi connectivity index (χ0v) is 11.6. The van der Waals surface area contributed by atoms with E-state index in [1.54, 1.807) is 12.1 Å². The van der Waals surface area contributed by atoms with Crippen LogP contribution in [0.1, 0.15) is 12.5 Å². The zero-order valence-electron chi connectivity index (χ0n) is 9.22. The molecule has 3 atom stereocenters. The summed E-state index contributed by atoms with van der Waals surface area (Å²) in [6, 6.07) is 7.08. The van der Waals surface area contributed by atoms with Gasteiger partial charge in [0, 0.05) is 11.4 Å². The van der Waals surface area contributed by atoms with Crippen molar-refractivity contribution in [3.05, 3.63) is 29.8 Å². The van der Waals surface area contributed by atoms with Gasteiger partial charge in [0.25, 0.3) is 0 Å². The molecule has 0 aromatic heterocycles. The summed E-state index contributed by atoms with van der Waals surface area (Å²) in [7, 11) is -3.27. The molecule has 1 unspecified atom stereocenters. The third-order valence-corrected chi connectivity index (χ3v) is 5.28. The highest BCUT2D eigenvalue weighted by molar-refractivity contribution is 9.09. The maximum absolute atomic E-state index is 12.1. The first kappa shape index (κ1) is 12.1. The van der Waals surface area contributed by atoms with Gasteiger partial charge >= 0.3 is 0 Å². The van der Waals surface area contributed by atoms with E-state index in [4.69, 9.17) is 0 Å². The van der Waals surface area contributed by atoms with Gasteiger partial charge in [0.2, 0.25) is 10.0 Å². The molecule has 1 fully saturated rings. The van der Waals surface area contributed by atoms with Gasteiger partial charge in [0.05, 0.1) is 10.9 Å². The summed E-state index contributed by atoms with van der Waals surface area (Å²) in [6.45, 7) is 4.52. The Labute approximate surface area is 105 Å². The molecular formula is C11H14BrNO2S. The Morgan fingerprint density at radius 1 is 1.38 bits per heavy atom. The second kappa shape index (κ2) is 4.13. The highest BCUT2D eigenvalue weighted by Crippen LogP contribution is 2.32. The van der Waals surface area contributed by atoms with E-state index in [2.05, 4.69) is 15.9 Å². The molecule has 16 heavy (non-hydrogen) atoms. The van der Waals surface area contributed by atoms with E-state index in [-0.39, 0.29) is 10.9 Å². The Balaban J connectivity index is 2.24. The molecule has 88 valence electrons. The quantitative estimate of drug-likeness (QED) is 0.634. The van der Waals surface area contributed by atoms with Crippen LogP contribution in [-0.2, 0) is 10.0 Å². The van der Waals surface area contributed by atoms with Crippen molar-refractivity contribution in [3.8, 4) is 0 Å². The highest BCUT2D eigenvalue weighted by Gasteiger charge is 2.46. The van der Waals surface area contributed by atoms with Gasteiger partial charge in [-0.15, -0.1) is 0 Å². The number of hydrogen-bond acceptors (Lipinski definition) is 2. The molecule has 2 rings (SSSR count). The van der Waals surface area contributed by atoms with Crippen LogP contribution in [0, 0.1) is 6.92 Å². The van der Waals surface area contributed by atoms with Crippen molar-refractivity contribution in [2.24, 2.45) is 0 Å². The number of nitrogens with zero attached hydrogens (tertiary/aromatic N) is 1. The van der Waals surface area contributed by atoms with Crippen LogP contribution in [0.5, 0.6) is 0 Å². The summed E-state index contributed by atoms with van der Waals surface area (Å²) < 4.78 is 25.8. The van der Waals surface area contributed by atoms with Crippen LogP contribution < -0.4 is 0 Å². The first-order valence-electron chi connectivity index (χ1n) is 5.15. The van der Waals surface area contributed by atoms with E-state index in [0.717, 1.165) is 5.56 Å². The van der Waals surface area contributed by atoms with Crippen LogP contribution in [0.25, 0.3) is 0 Å². The molecule has 0 radical (unpaired) electrons. The van der Waals surface area contributed by atoms with Crippen LogP contribution >= 0.6 is 15.9 Å². The number of halogens is 1. The van der Waals surface area contributed by atoms with Gasteiger partial charge in [0.1, 0.15) is 0 Å². The summed E-state index contributed by atoms with van der Waals surface area (Å²) in [6.07, 6.45) is 0. The Bertz CT molecular complexity index is 481. The van der Waals surface area contributed by atoms with Crippen molar-refractivity contribution >= 4 is 26.0 Å². The molecule has 1 saturated heterocycles. The van der Waals surface area contributed by atoms with Gasteiger partial charge in [0.15, 0.2) is 0 Å². The van der Waals surface area contributed by atoms with E-state index in [1.165, 1.54) is 4.31 Å². The average molecular weight is 304 g/mol. The van der Waals surface area contributed by atoms with Crippen molar-refractivity contribution in [2.45, 2.75) is 29.6 Å². The minimum Gasteiger partial charge on any atom is -0.207 e. The van der Waals surface area contributed by atoms with Crippen molar-refractivity contribution in [3.63, 3.8) is 0 Å². The maximum atomic E-state index is 12.1. The number of aryl methyl sites for hydroxylation is 1. The molecular weight excluding hydrogens is 290 g/mol. The lowest BCUT2D eigenvalue weighted by Crippen LogP contribution is -2.17. The molecule has 1 aromatic rings. The van der Waals surface area contributed by atoms with Gasteiger partial charge in [-0.1, -0.05) is 40.5 Å². The monoisotopic (exact) mass is 303 g/mol. The third kappa shape index (κ3) is 2.17. The van der Waals surface area contributed by atoms with E-state index >= 15 is 0 Å². The van der Waals surface area contributed by atoms with Crippen LogP contribution in [0.3, 0.4) is 0 Å². The van der Waals surface area contributed by atoms with Crippen molar-refractivity contribution in [1.29, 1.82) is 0 Å². The standard InChI is InChI=1S/C11H14BrNO2S/c1-8-3-5-10(6-4-8)16(14,15)13-7-11(13)9(2)12/h3-6,9,11H,7H2,1-2H3/t9-,11+,13?/m0/s1. The fourth-order valence-electron chi connectivity index (χ4n) is 1.63. The number of sulfonamides is 1. The molecule has 5 heteroatoms. The summed E-state index contributed by atoms with van der Waals surface area (Å²) in [5, 5.41) is 0. The maximum Gasteiger partial charge on any atom is 0.243 e. The second-order valence-corrected chi connectivity index (χ2v) is 7.47. The molecule has 1 aromatic carbocycles. The summed E-state index contributed by atoms with van der Waals surface area (Å²) in [4.78, 5) is 0.585. The topological polar surface area (TPSA) is 37.1 Å². The molecule has 0 amide bonds. The molecule has 0 bridgehead atoms. The van der Waals surface area contributed by atoms with Gasteiger partial charge in [-0.2, -0.15) is 4.31 Å². The number of benzene rings is 1. The lowest BCUT2D eigenvalue weighted by molar-refractivity contribution is 0.551. The lowest BCUT2D eigenvalue weighted by atomic mass is 10.2. The first-order chi connectivity index (χ1) is 7.43. The SMILES string of the molecule is Cc1ccc(S(=O)(=O)N2C[C@@H]2[C@H](C)Br)cc1. The van der Waals surface area contributed by atoms with Gasteiger partial charge in [-0.25, -0.2) is 8.42 Å². The van der Waals surface area contributed by atoms with E-state index in [0.29, 0.717) is 11.4 Å². The average Bonchev–Trinajstić information content (AvgIpc) is 2.98. The van der Waals surface area contributed by atoms with Crippen LogP contribution in [-0.4, -0.2) is 30.1 Å². The third-order valence-electron chi connectivity index (χ3n) is 2.76. The molecule has 0 saturated carbocycles. The van der Waals surface area contributed by atoms with Gasteiger partial charge in [-0.3, -0.25) is 0 Å². The van der Waals surface area contributed by atoms with E-state index < -0.39 is 10.0 Å². The number of hydrogen-bond donors (Lipinski definition) is 0. The summed E-state index contributed by atoms with van der Waals surface area (Å²) in [5.74, 6) is 0. The minimum atomic E-state index is -3.27. The predicted octanol–water partition coefficient (Wildman–Crippen LogP) is 2.15. The molecule has 3 nitrogen and oxygen atoms in total. The van der Waals surface area contributed by atoms with Crippen molar-refractivity contribution in [1.82, 2.24) is 4.31 Å². The van der Waals surface area contributed by atoms with Crippen LogP contribution in [0.2, 0.25) is 0 Å². The summed E-state index contributed by atoms with van der Waals surface area (Å²) in [5.41, 5.74) is 1.06. The largest absolute Gasteiger partial charge is 0.243 e. The van der Waals surface area contributed by atoms with Crippen molar-refractivity contribution < 1.29 is 8.42 Å². The van der Waals surface area contributed by atoms with E-state index in [1.807, 2.05) is 26.0 Å². The highest BCUT2D eigenvalue weighted by atomic mass is 79.9. The van der Waals surface area contributed by atoms with Crippen LogP contribution in [0.4, 0.5) is 0 Å². The Morgan fingerprint density at radius 3 is 2.38 bits per heavy atom. The van der Waals surface area contributed by atoms with Gasteiger partial charge < -0.3 is 0 Å². The van der Waals surface area contributed by atoms with Gasteiger partial charge in [-0.05, 0) is 19.1 Å². The fraction of sp³-hybridized carbons (Fsp3) is 0.455. The molecule has 0 N–H and O–H groups in total. The number of alkyl halides is 1. The molecule has 1 heterocycles. The molecule has 1 aliphatic heterocycles. The second-order valence-electron chi connectivity index (χ2n) is 4.13. The van der Waals surface area contributed by atoms with Crippen molar-refractivity contribution in [2.75, 3.05) is 6.54 Å². The Hall–Kier alpha value is -0.390. The van der Waals surface area contributed by atoms with Crippen LogP contribution in [0.15, 0.2) is 29.2 Å². The molecule has 0 aliphatic carbocycles. The number of rotatable bonds is 3. The zero-order chi connectivity index (χ0) is 11.9. The molecule has 0 spiro atoms. The minimum absolute atomic E-state index is 0.103. The molecule has 1 aliphatic rings. The Morgan fingerprint density at radius 2 is 1.94 bits per heavy atom. The first-order valence-corrected chi connectivity index (χ1v) is 7.51. The summed E-state index contributed by atoms with van der Waals surface area (Å²) >= 11 is 3.41. The van der Waals surface area contributed by atoms with E-state index in [9.17, 15) is 8.42 Å². The Kier molecular flexibility index (Phi) is 3.11. The normalized spacial score (nSPS) is 26.4. The predicted molar refractivity (Wildman–Crippen MR) is 67.2 cm³/mol. The fourth-order valence-corrected chi connectivity index (χ4v) is 3.88.